The van der Waals surface area contributed by atoms with E-state index in [4.69, 9.17) is 11.6 Å². The Morgan fingerprint density at radius 2 is 1.92 bits per heavy atom. The van der Waals surface area contributed by atoms with Crippen molar-refractivity contribution in [3.8, 4) is 0 Å². The molecule has 0 spiro atoms. The van der Waals surface area contributed by atoms with Crippen molar-refractivity contribution >= 4 is 37.9 Å². The molecule has 4 rings (SSSR count). The number of benzene rings is 1. The molecule has 0 unspecified atom stereocenters. The average Bonchev–Trinajstić information content (AvgIpc) is 3.19. The van der Waals surface area contributed by atoms with Crippen LogP contribution in [0.4, 0.5) is 0 Å². The van der Waals surface area contributed by atoms with E-state index in [0.717, 1.165) is 28.4 Å². The van der Waals surface area contributed by atoms with Gasteiger partial charge in [-0.2, -0.15) is 9.61 Å². The quantitative estimate of drug-likeness (QED) is 0.675. The average molecular weight is 398 g/mol. The first-order valence-corrected chi connectivity index (χ1v) is 10.7. The van der Waals surface area contributed by atoms with Crippen molar-refractivity contribution in [3.05, 3.63) is 46.2 Å². The number of piperidine rings is 1. The van der Waals surface area contributed by atoms with Crippen LogP contribution in [0.2, 0.25) is 5.02 Å². The lowest BCUT2D eigenvalue weighted by molar-refractivity contribution is 0.318. The van der Waals surface area contributed by atoms with Crippen molar-refractivity contribution < 1.29 is 8.42 Å². The molecule has 2 aromatic heterocycles. The first-order chi connectivity index (χ1) is 12.0. The Bertz CT molecular complexity index is 946. The van der Waals surface area contributed by atoms with Crippen molar-refractivity contribution in [2.45, 2.75) is 24.5 Å². The van der Waals surface area contributed by atoms with Gasteiger partial charge in [-0.3, -0.25) is 0 Å². The van der Waals surface area contributed by atoms with Crippen molar-refractivity contribution in [2.24, 2.45) is 0 Å². The molecule has 0 amide bonds. The molecule has 1 fully saturated rings. The summed E-state index contributed by atoms with van der Waals surface area (Å²) in [5.41, 5.74) is 0.750. The fourth-order valence-corrected chi connectivity index (χ4v) is 5.68. The Morgan fingerprint density at radius 3 is 2.60 bits per heavy atom. The molecular weight excluding hydrogens is 382 g/mol. The molecule has 25 heavy (non-hydrogen) atoms. The van der Waals surface area contributed by atoms with Gasteiger partial charge in [0.15, 0.2) is 0 Å². The predicted octanol–water partition coefficient (Wildman–Crippen LogP) is 2.55. The standard InChI is InChI=1S/C15H16ClN5O2S2/c16-13-3-1-11(2-4-13)9-25(22,23)20-7-5-12(6-8-20)14-19-21-10-17-18-15(21)24-14/h1-4,10,12H,5-9H2. The van der Waals surface area contributed by atoms with Crippen LogP contribution in [-0.2, 0) is 15.8 Å². The summed E-state index contributed by atoms with van der Waals surface area (Å²) in [5.74, 6) is 0.277. The highest BCUT2D eigenvalue weighted by atomic mass is 35.5. The van der Waals surface area contributed by atoms with E-state index in [1.807, 2.05) is 0 Å². The highest BCUT2D eigenvalue weighted by molar-refractivity contribution is 7.88. The monoisotopic (exact) mass is 397 g/mol. The molecule has 10 heteroatoms. The van der Waals surface area contributed by atoms with Gasteiger partial charge in [-0.15, -0.1) is 10.2 Å². The van der Waals surface area contributed by atoms with Crippen LogP contribution in [0, 0.1) is 0 Å². The molecule has 3 heterocycles. The number of nitrogens with zero attached hydrogens (tertiary/aromatic N) is 5. The van der Waals surface area contributed by atoms with Crippen molar-refractivity contribution in [3.63, 3.8) is 0 Å². The van der Waals surface area contributed by atoms with Crippen LogP contribution in [0.5, 0.6) is 0 Å². The second-order valence-corrected chi connectivity index (χ2v) is 9.45. The summed E-state index contributed by atoms with van der Waals surface area (Å²) in [7, 11) is -3.32. The summed E-state index contributed by atoms with van der Waals surface area (Å²) >= 11 is 7.37. The summed E-state index contributed by atoms with van der Waals surface area (Å²) in [4.78, 5) is 0.771. The molecule has 0 saturated carbocycles. The van der Waals surface area contributed by atoms with Gasteiger partial charge in [-0.25, -0.2) is 12.7 Å². The Labute approximate surface area is 154 Å². The summed E-state index contributed by atoms with van der Waals surface area (Å²) in [6.45, 7) is 1.03. The zero-order chi connectivity index (χ0) is 17.4. The lowest BCUT2D eigenvalue weighted by Gasteiger charge is -2.30. The summed E-state index contributed by atoms with van der Waals surface area (Å²) in [5, 5.41) is 13.9. The number of fused-ring (bicyclic) bond motifs is 1. The molecule has 1 aliphatic heterocycles. The molecule has 1 aliphatic rings. The summed E-state index contributed by atoms with van der Waals surface area (Å²) in [6.07, 6.45) is 3.12. The number of aromatic nitrogens is 4. The zero-order valence-corrected chi connectivity index (χ0v) is 15.6. The van der Waals surface area contributed by atoms with Crippen LogP contribution in [0.1, 0.15) is 29.3 Å². The Balaban J connectivity index is 1.41. The minimum atomic E-state index is -3.32. The van der Waals surface area contributed by atoms with Crippen molar-refractivity contribution in [2.75, 3.05) is 13.1 Å². The van der Waals surface area contributed by atoms with Gasteiger partial charge in [0.1, 0.15) is 11.3 Å². The van der Waals surface area contributed by atoms with Gasteiger partial charge in [-0.05, 0) is 30.5 Å². The SMILES string of the molecule is O=S(=O)(Cc1ccc(Cl)cc1)N1CCC(c2nn3cnnc3s2)CC1. The van der Waals surface area contributed by atoms with E-state index in [1.54, 1.807) is 39.4 Å². The fourth-order valence-electron chi connectivity index (χ4n) is 3.00. The second-order valence-electron chi connectivity index (χ2n) is 6.05. The van der Waals surface area contributed by atoms with Gasteiger partial charge in [-0.1, -0.05) is 35.1 Å². The van der Waals surface area contributed by atoms with Crippen LogP contribution in [0.3, 0.4) is 0 Å². The van der Waals surface area contributed by atoms with Crippen molar-refractivity contribution in [1.82, 2.24) is 24.1 Å². The maximum Gasteiger partial charge on any atom is 0.234 e. The minimum absolute atomic E-state index is 0.00554. The van der Waals surface area contributed by atoms with E-state index in [2.05, 4.69) is 15.3 Å². The molecule has 132 valence electrons. The van der Waals surface area contributed by atoms with E-state index in [-0.39, 0.29) is 11.7 Å². The van der Waals surface area contributed by atoms with Crippen LogP contribution in [-0.4, -0.2) is 45.6 Å². The maximum absolute atomic E-state index is 12.6. The summed E-state index contributed by atoms with van der Waals surface area (Å²) in [6, 6.07) is 6.94. The molecular formula is C15H16ClN5O2S2. The van der Waals surface area contributed by atoms with Crippen LogP contribution in [0.15, 0.2) is 30.6 Å². The van der Waals surface area contributed by atoms with Gasteiger partial charge in [0.25, 0.3) is 0 Å². The van der Waals surface area contributed by atoms with E-state index in [0.29, 0.717) is 18.1 Å². The molecule has 0 aliphatic carbocycles. The smallest absolute Gasteiger partial charge is 0.212 e. The topological polar surface area (TPSA) is 80.5 Å². The second kappa shape index (κ2) is 6.64. The maximum atomic E-state index is 12.6. The highest BCUT2D eigenvalue weighted by Gasteiger charge is 2.30. The molecule has 0 atom stereocenters. The number of hydrogen-bond donors (Lipinski definition) is 0. The number of hydrogen-bond acceptors (Lipinski definition) is 6. The first-order valence-electron chi connectivity index (χ1n) is 7.90. The molecule has 3 aromatic rings. The van der Waals surface area contributed by atoms with Gasteiger partial charge < -0.3 is 0 Å². The molecule has 0 bridgehead atoms. The van der Waals surface area contributed by atoms with Gasteiger partial charge in [0.2, 0.25) is 15.0 Å². The van der Waals surface area contributed by atoms with E-state index in [1.165, 1.54) is 11.3 Å². The highest BCUT2D eigenvalue weighted by Crippen LogP contribution is 2.32. The van der Waals surface area contributed by atoms with Crippen molar-refractivity contribution in [1.29, 1.82) is 0 Å². The summed E-state index contributed by atoms with van der Waals surface area (Å²) < 4.78 is 28.5. The first kappa shape index (κ1) is 16.9. The molecule has 7 nitrogen and oxygen atoms in total. The lowest BCUT2D eigenvalue weighted by Crippen LogP contribution is -2.38. The van der Waals surface area contributed by atoms with Crippen LogP contribution >= 0.6 is 22.9 Å². The van der Waals surface area contributed by atoms with E-state index < -0.39 is 10.0 Å². The fraction of sp³-hybridized carbons (Fsp3) is 0.400. The predicted molar refractivity (Wildman–Crippen MR) is 96.3 cm³/mol. The minimum Gasteiger partial charge on any atom is -0.212 e. The van der Waals surface area contributed by atoms with E-state index in [9.17, 15) is 8.42 Å². The Hall–Kier alpha value is -1.55. The van der Waals surface area contributed by atoms with Gasteiger partial charge in [0.05, 0.1) is 5.75 Å². The van der Waals surface area contributed by atoms with Gasteiger partial charge in [0, 0.05) is 24.0 Å². The molecule has 0 radical (unpaired) electrons. The third-order valence-corrected chi connectivity index (χ3v) is 7.54. The third kappa shape index (κ3) is 3.55. The number of sulfonamides is 1. The number of halogens is 1. The third-order valence-electron chi connectivity index (χ3n) is 4.36. The molecule has 0 N–H and O–H groups in total. The zero-order valence-electron chi connectivity index (χ0n) is 13.2. The van der Waals surface area contributed by atoms with Gasteiger partial charge >= 0.3 is 0 Å². The molecule has 1 aromatic carbocycles. The molecule has 1 saturated heterocycles. The lowest BCUT2D eigenvalue weighted by atomic mass is 9.99. The Kier molecular flexibility index (Phi) is 4.48. The normalized spacial score (nSPS) is 17.3. The number of rotatable bonds is 4. The Morgan fingerprint density at radius 1 is 1.20 bits per heavy atom. The van der Waals surface area contributed by atoms with E-state index >= 15 is 0 Å². The van der Waals surface area contributed by atoms with Crippen LogP contribution < -0.4 is 0 Å². The largest absolute Gasteiger partial charge is 0.234 e. The van der Waals surface area contributed by atoms with Crippen LogP contribution in [0.25, 0.3) is 4.96 Å².